The molecule has 3 aromatic rings. The summed E-state index contributed by atoms with van der Waals surface area (Å²) in [4.78, 5) is 27.4. The van der Waals surface area contributed by atoms with Crippen LogP contribution in [0.1, 0.15) is 23.2 Å². The van der Waals surface area contributed by atoms with Gasteiger partial charge in [-0.25, -0.2) is 9.37 Å². The zero-order valence-corrected chi connectivity index (χ0v) is 21.6. The molecular weight excluding hydrogens is 499 g/mol. The summed E-state index contributed by atoms with van der Waals surface area (Å²) in [6, 6.07) is 10.7. The smallest absolute Gasteiger partial charge is 0.268 e. The summed E-state index contributed by atoms with van der Waals surface area (Å²) in [6.45, 7) is 1.69. The van der Waals surface area contributed by atoms with Gasteiger partial charge >= 0.3 is 0 Å². The molecule has 1 fully saturated rings. The monoisotopic (exact) mass is 526 g/mol. The second-order valence-electron chi connectivity index (χ2n) is 9.18. The van der Waals surface area contributed by atoms with Gasteiger partial charge in [-0.3, -0.25) is 9.69 Å². The van der Waals surface area contributed by atoms with Crippen molar-refractivity contribution >= 4 is 40.5 Å². The van der Waals surface area contributed by atoms with E-state index in [2.05, 4.69) is 39.2 Å². The predicted molar refractivity (Wildman–Crippen MR) is 141 cm³/mol. The van der Waals surface area contributed by atoms with Crippen molar-refractivity contribution < 1.29 is 18.7 Å². The first-order valence-corrected chi connectivity index (χ1v) is 12.4. The highest BCUT2D eigenvalue weighted by Crippen LogP contribution is 2.36. The molecule has 2 aliphatic rings. The molecule has 2 aromatic carbocycles. The minimum Gasteiger partial charge on any atom is -0.495 e. The van der Waals surface area contributed by atoms with Crippen LogP contribution in [0.3, 0.4) is 0 Å². The highest BCUT2D eigenvalue weighted by molar-refractivity contribution is 6.34. The first-order chi connectivity index (χ1) is 17.9. The minimum absolute atomic E-state index is 0.0415. The second-order valence-corrected chi connectivity index (χ2v) is 9.59. The molecule has 1 N–H and O–H groups in total. The fraction of sp³-hybridized carbons (Fsp3) is 0.346. The van der Waals surface area contributed by atoms with Crippen LogP contribution in [0.5, 0.6) is 11.6 Å². The molecule has 1 aromatic heterocycles. The van der Waals surface area contributed by atoms with E-state index >= 15 is 0 Å². The third-order valence-electron chi connectivity index (χ3n) is 6.74. The predicted octanol–water partition coefficient (Wildman–Crippen LogP) is 4.55. The Balaban J connectivity index is 1.32. The molecular formula is C26H28ClFN6O3. The number of nitrogens with zero attached hydrogens (tertiary/aromatic N) is 5. The Morgan fingerprint density at radius 3 is 2.70 bits per heavy atom. The van der Waals surface area contributed by atoms with Gasteiger partial charge in [-0.05, 0) is 51.2 Å². The third kappa shape index (κ3) is 4.99. The third-order valence-corrected chi connectivity index (χ3v) is 7.04. The normalized spacial score (nSPS) is 16.0. The van der Waals surface area contributed by atoms with E-state index in [1.54, 1.807) is 7.11 Å². The molecule has 0 saturated carbocycles. The highest BCUT2D eigenvalue weighted by atomic mass is 35.5. The molecule has 11 heteroatoms. The molecule has 9 nitrogen and oxygen atoms in total. The summed E-state index contributed by atoms with van der Waals surface area (Å²) in [5.41, 5.74) is 1.84. The van der Waals surface area contributed by atoms with Crippen LogP contribution in [0.15, 0.2) is 42.6 Å². The summed E-state index contributed by atoms with van der Waals surface area (Å²) >= 11 is 6.13. The summed E-state index contributed by atoms with van der Waals surface area (Å²) in [5.74, 6) is -0.00499. The maximum atomic E-state index is 14.4. The van der Waals surface area contributed by atoms with Gasteiger partial charge in [0.2, 0.25) is 11.8 Å². The van der Waals surface area contributed by atoms with Gasteiger partial charge in [-0.2, -0.15) is 4.98 Å². The Hall–Kier alpha value is -3.63. The number of piperidine rings is 1. The number of carbonyl (C=O) groups is 1. The van der Waals surface area contributed by atoms with Crippen molar-refractivity contribution in [3.8, 4) is 11.6 Å². The molecule has 0 aliphatic carbocycles. The lowest BCUT2D eigenvalue weighted by Gasteiger charge is -2.37. The zero-order chi connectivity index (χ0) is 26.1. The number of hydrogen-bond acceptors (Lipinski definition) is 8. The number of methoxy groups -OCH3 is 1. The molecule has 194 valence electrons. The minimum atomic E-state index is -0.619. The van der Waals surface area contributed by atoms with Crippen molar-refractivity contribution in [2.24, 2.45) is 0 Å². The number of benzene rings is 2. The lowest BCUT2D eigenvalue weighted by Crippen LogP contribution is -2.42. The van der Waals surface area contributed by atoms with Gasteiger partial charge in [0.15, 0.2) is 6.73 Å². The molecule has 3 heterocycles. The molecule has 37 heavy (non-hydrogen) atoms. The Morgan fingerprint density at radius 1 is 1.22 bits per heavy atom. The summed E-state index contributed by atoms with van der Waals surface area (Å²) in [5, 5.41) is 3.25. The number of nitrogens with one attached hydrogen (secondary N) is 1. The molecule has 1 amide bonds. The molecule has 0 atom stereocenters. The van der Waals surface area contributed by atoms with E-state index in [4.69, 9.17) is 21.1 Å². The van der Waals surface area contributed by atoms with Crippen molar-refractivity contribution in [2.75, 3.05) is 56.1 Å². The average molecular weight is 527 g/mol. The number of carbonyl (C=O) groups excluding carboxylic acids is 1. The van der Waals surface area contributed by atoms with Crippen molar-refractivity contribution in [3.63, 3.8) is 0 Å². The van der Waals surface area contributed by atoms with Crippen molar-refractivity contribution in [3.05, 3.63) is 59.0 Å². The number of amides is 1. The lowest BCUT2D eigenvalue weighted by molar-refractivity contribution is 0.0931. The summed E-state index contributed by atoms with van der Waals surface area (Å²) in [6.07, 6.45) is 3.55. The fourth-order valence-electron chi connectivity index (χ4n) is 4.69. The molecule has 0 radical (unpaired) electrons. The Kier molecular flexibility index (Phi) is 7.03. The number of fused-ring (bicyclic) bond motifs is 1. The van der Waals surface area contributed by atoms with Crippen LogP contribution >= 0.6 is 11.6 Å². The van der Waals surface area contributed by atoms with E-state index < -0.39 is 11.7 Å². The number of ether oxygens (including phenoxy) is 2. The topological polar surface area (TPSA) is 83.1 Å². The molecule has 1 saturated heterocycles. The van der Waals surface area contributed by atoms with Gasteiger partial charge in [0.1, 0.15) is 22.8 Å². The van der Waals surface area contributed by atoms with Crippen LogP contribution in [-0.2, 0) is 0 Å². The average Bonchev–Trinajstić information content (AvgIpc) is 2.90. The van der Waals surface area contributed by atoms with E-state index in [-0.39, 0.29) is 34.8 Å². The van der Waals surface area contributed by atoms with E-state index in [1.165, 1.54) is 24.4 Å². The number of halogens is 2. The standard InChI is InChI=1S/C26H28ClFN6O3/c1-32(2)17-9-11-33(12-10-17)21-8-7-16(13-22(21)36-3)30-26-29-14-18-24(31-26)37-15-34(25(18)35)23-19(27)5-4-6-20(23)28/h4-8,13-14,17H,9-12,15H2,1-3H3,(H,29,30,31). The Morgan fingerprint density at radius 2 is 2.00 bits per heavy atom. The maximum absolute atomic E-state index is 14.4. The quantitative estimate of drug-likeness (QED) is 0.501. The van der Waals surface area contributed by atoms with Crippen LogP contribution in [-0.4, -0.2) is 67.8 Å². The van der Waals surface area contributed by atoms with Crippen molar-refractivity contribution in [2.45, 2.75) is 18.9 Å². The number of anilines is 4. The molecule has 0 unspecified atom stereocenters. The maximum Gasteiger partial charge on any atom is 0.268 e. The number of aromatic nitrogens is 2. The number of para-hydroxylation sites is 1. The summed E-state index contributed by atoms with van der Waals surface area (Å²) in [7, 11) is 5.90. The van der Waals surface area contributed by atoms with Crippen LogP contribution < -0.4 is 24.6 Å². The van der Waals surface area contributed by atoms with E-state index in [1.807, 2.05) is 18.2 Å². The van der Waals surface area contributed by atoms with Crippen LogP contribution in [0.2, 0.25) is 5.02 Å². The van der Waals surface area contributed by atoms with Gasteiger partial charge in [-0.15, -0.1) is 0 Å². The van der Waals surface area contributed by atoms with E-state index in [9.17, 15) is 9.18 Å². The SMILES string of the molecule is COc1cc(Nc2ncc3c(n2)OCN(c2c(F)cccc2Cl)C3=O)ccc1N1CCC(N(C)C)CC1. The van der Waals surface area contributed by atoms with Crippen LogP contribution in [0.25, 0.3) is 0 Å². The first-order valence-electron chi connectivity index (χ1n) is 12.0. The largest absolute Gasteiger partial charge is 0.495 e. The van der Waals surface area contributed by atoms with Gasteiger partial charge in [0.05, 0.1) is 17.8 Å². The van der Waals surface area contributed by atoms with E-state index in [0.717, 1.165) is 48.0 Å². The zero-order valence-electron chi connectivity index (χ0n) is 20.9. The number of rotatable bonds is 6. The summed E-state index contributed by atoms with van der Waals surface area (Å²) < 4.78 is 25.7. The number of hydrogen-bond donors (Lipinski definition) is 1. The molecule has 5 rings (SSSR count). The van der Waals surface area contributed by atoms with Crippen LogP contribution in [0.4, 0.5) is 27.4 Å². The Bertz CT molecular complexity index is 1300. The highest BCUT2D eigenvalue weighted by Gasteiger charge is 2.32. The second kappa shape index (κ2) is 10.4. The van der Waals surface area contributed by atoms with Gasteiger partial charge in [-0.1, -0.05) is 17.7 Å². The fourth-order valence-corrected chi connectivity index (χ4v) is 4.96. The first kappa shape index (κ1) is 25.0. The van der Waals surface area contributed by atoms with Gasteiger partial charge in [0.25, 0.3) is 5.91 Å². The lowest BCUT2D eigenvalue weighted by atomic mass is 10.0. The molecule has 0 spiro atoms. The van der Waals surface area contributed by atoms with Gasteiger partial charge in [0, 0.05) is 37.1 Å². The van der Waals surface area contributed by atoms with Crippen molar-refractivity contribution in [1.29, 1.82) is 0 Å². The van der Waals surface area contributed by atoms with Gasteiger partial charge < -0.3 is 24.6 Å². The molecule has 0 bridgehead atoms. The Labute approximate surface area is 219 Å². The van der Waals surface area contributed by atoms with Crippen LogP contribution in [0, 0.1) is 5.82 Å². The van der Waals surface area contributed by atoms with E-state index in [0.29, 0.717) is 6.04 Å². The molecule has 2 aliphatic heterocycles. The van der Waals surface area contributed by atoms with Crippen molar-refractivity contribution in [1.82, 2.24) is 14.9 Å².